The molecule has 20 heavy (non-hydrogen) atoms. The van der Waals surface area contributed by atoms with Crippen LogP contribution in [0.25, 0.3) is 0 Å². The van der Waals surface area contributed by atoms with Crippen molar-refractivity contribution in [2.75, 3.05) is 6.54 Å². The number of sulfonamides is 1. The number of nitrogens with two attached hydrogens (primary N) is 1. The van der Waals surface area contributed by atoms with E-state index >= 15 is 0 Å². The smallest absolute Gasteiger partial charge is 0.244 e. The lowest BCUT2D eigenvalue weighted by atomic mass is 10.0. The van der Waals surface area contributed by atoms with Gasteiger partial charge in [-0.15, -0.1) is 0 Å². The average molecular weight is 299 g/mol. The number of benzene rings is 1. The Balaban J connectivity index is 2.45. The highest BCUT2D eigenvalue weighted by molar-refractivity contribution is 7.89. The van der Waals surface area contributed by atoms with Gasteiger partial charge in [-0.1, -0.05) is 6.42 Å². The first-order chi connectivity index (χ1) is 9.34. The summed E-state index contributed by atoms with van der Waals surface area (Å²) in [4.78, 5) is 0.0760. The molecule has 0 aromatic heterocycles. The fourth-order valence-electron chi connectivity index (χ4n) is 2.53. The molecular formula is C13H18FN3O2S. The fourth-order valence-corrected chi connectivity index (χ4v) is 4.41. The van der Waals surface area contributed by atoms with Gasteiger partial charge in [0.25, 0.3) is 0 Å². The van der Waals surface area contributed by atoms with Crippen LogP contribution in [0.15, 0.2) is 23.1 Å². The Morgan fingerprint density at radius 3 is 2.75 bits per heavy atom. The van der Waals surface area contributed by atoms with Gasteiger partial charge in [0.15, 0.2) is 0 Å². The van der Waals surface area contributed by atoms with E-state index in [0.29, 0.717) is 18.5 Å². The minimum absolute atomic E-state index is 0.0760. The molecule has 1 saturated heterocycles. The van der Waals surface area contributed by atoms with Gasteiger partial charge in [0.2, 0.25) is 10.0 Å². The van der Waals surface area contributed by atoms with Crippen LogP contribution in [0.3, 0.4) is 0 Å². The standard InChI is InChI=1S/C13H18FN3O2S/c1-9-8-10(14)5-6-12(9)20(18,19)17-7-3-2-4-11(17)13(15)16/h5-6,8,11H,2-4,7H2,1H3,(H3,15,16). The summed E-state index contributed by atoms with van der Waals surface area (Å²) < 4.78 is 39.8. The van der Waals surface area contributed by atoms with Crippen LogP contribution in [0, 0.1) is 18.2 Å². The van der Waals surface area contributed by atoms with Crippen LogP contribution in [0.4, 0.5) is 4.39 Å². The fraction of sp³-hybridized carbons (Fsp3) is 0.462. The first-order valence-electron chi connectivity index (χ1n) is 6.46. The van der Waals surface area contributed by atoms with Crippen molar-refractivity contribution in [3.8, 4) is 0 Å². The minimum atomic E-state index is -3.76. The van der Waals surface area contributed by atoms with Gasteiger partial charge in [0.05, 0.1) is 10.9 Å². The predicted molar refractivity (Wildman–Crippen MR) is 74.6 cm³/mol. The number of nitrogens with one attached hydrogen (secondary N) is 1. The maximum atomic E-state index is 13.1. The van der Waals surface area contributed by atoms with Gasteiger partial charge < -0.3 is 5.73 Å². The van der Waals surface area contributed by atoms with Crippen molar-refractivity contribution in [2.45, 2.75) is 37.1 Å². The maximum Gasteiger partial charge on any atom is 0.244 e. The average Bonchev–Trinajstić information content (AvgIpc) is 2.38. The van der Waals surface area contributed by atoms with Crippen molar-refractivity contribution >= 4 is 15.9 Å². The van der Waals surface area contributed by atoms with Crippen molar-refractivity contribution in [3.05, 3.63) is 29.6 Å². The second-order valence-corrected chi connectivity index (χ2v) is 6.85. The zero-order valence-corrected chi connectivity index (χ0v) is 12.1. The summed E-state index contributed by atoms with van der Waals surface area (Å²) in [5.74, 6) is -0.615. The van der Waals surface area contributed by atoms with Gasteiger partial charge in [-0.05, 0) is 43.5 Å². The zero-order chi connectivity index (χ0) is 14.9. The van der Waals surface area contributed by atoms with E-state index in [1.165, 1.54) is 16.4 Å². The number of halogens is 1. The van der Waals surface area contributed by atoms with E-state index in [1.807, 2.05) is 0 Å². The van der Waals surface area contributed by atoms with Crippen LogP contribution in [-0.4, -0.2) is 31.1 Å². The number of nitrogens with zero attached hydrogens (tertiary/aromatic N) is 1. The van der Waals surface area contributed by atoms with Crippen molar-refractivity contribution in [1.82, 2.24) is 4.31 Å². The van der Waals surface area contributed by atoms with Crippen molar-refractivity contribution < 1.29 is 12.8 Å². The summed E-state index contributed by atoms with van der Waals surface area (Å²) in [5, 5.41) is 7.56. The van der Waals surface area contributed by atoms with Crippen LogP contribution in [0.2, 0.25) is 0 Å². The molecule has 1 fully saturated rings. The molecule has 1 aliphatic heterocycles. The summed E-state index contributed by atoms with van der Waals surface area (Å²) in [6.45, 7) is 1.89. The lowest BCUT2D eigenvalue weighted by molar-refractivity contribution is 0.303. The largest absolute Gasteiger partial charge is 0.386 e. The molecule has 110 valence electrons. The number of hydrogen-bond acceptors (Lipinski definition) is 3. The Morgan fingerprint density at radius 1 is 1.45 bits per heavy atom. The Kier molecular flexibility index (Phi) is 4.10. The molecule has 7 heteroatoms. The highest BCUT2D eigenvalue weighted by Gasteiger charge is 2.35. The molecule has 0 saturated carbocycles. The zero-order valence-electron chi connectivity index (χ0n) is 11.3. The summed E-state index contributed by atoms with van der Waals surface area (Å²) in [6.07, 6.45) is 2.14. The van der Waals surface area contributed by atoms with Crippen molar-refractivity contribution in [3.63, 3.8) is 0 Å². The van der Waals surface area contributed by atoms with Gasteiger partial charge >= 0.3 is 0 Å². The van der Waals surface area contributed by atoms with Crippen molar-refractivity contribution in [1.29, 1.82) is 5.41 Å². The maximum absolute atomic E-state index is 13.1. The minimum Gasteiger partial charge on any atom is -0.386 e. The third kappa shape index (κ3) is 2.69. The summed E-state index contributed by atoms with van der Waals surface area (Å²) in [6, 6.07) is 3.00. The van der Waals surface area contributed by atoms with E-state index in [9.17, 15) is 12.8 Å². The Morgan fingerprint density at radius 2 is 2.15 bits per heavy atom. The number of amidine groups is 1. The molecule has 1 heterocycles. The molecule has 1 atom stereocenters. The van der Waals surface area contributed by atoms with Gasteiger partial charge in [-0.2, -0.15) is 4.31 Å². The van der Waals surface area contributed by atoms with E-state index in [0.717, 1.165) is 18.9 Å². The topological polar surface area (TPSA) is 87.2 Å². The highest BCUT2D eigenvalue weighted by atomic mass is 32.2. The highest BCUT2D eigenvalue weighted by Crippen LogP contribution is 2.27. The molecule has 2 rings (SSSR count). The molecule has 0 spiro atoms. The normalized spacial score (nSPS) is 20.8. The molecule has 5 nitrogen and oxygen atoms in total. The van der Waals surface area contributed by atoms with E-state index in [-0.39, 0.29) is 10.7 Å². The molecule has 1 aromatic rings. The van der Waals surface area contributed by atoms with E-state index in [1.54, 1.807) is 6.92 Å². The predicted octanol–water partition coefficient (Wildman–Crippen LogP) is 1.61. The number of rotatable bonds is 3. The van der Waals surface area contributed by atoms with Gasteiger partial charge in [0.1, 0.15) is 11.7 Å². The molecule has 0 bridgehead atoms. The second kappa shape index (κ2) is 5.49. The summed E-state index contributed by atoms with van der Waals surface area (Å²) in [5.41, 5.74) is 5.87. The Bertz CT molecular complexity index is 631. The van der Waals surface area contributed by atoms with E-state index in [4.69, 9.17) is 11.1 Å². The lowest BCUT2D eigenvalue weighted by Crippen LogP contribution is -2.50. The van der Waals surface area contributed by atoms with Gasteiger partial charge in [0, 0.05) is 6.54 Å². The molecule has 0 amide bonds. The van der Waals surface area contributed by atoms with Crippen LogP contribution in [-0.2, 0) is 10.0 Å². The van der Waals surface area contributed by atoms with Gasteiger partial charge in [-0.3, -0.25) is 5.41 Å². The van der Waals surface area contributed by atoms with Crippen molar-refractivity contribution in [2.24, 2.45) is 5.73 Å². The van der Waals surface area contributed by atoms with E-state index in [2.05, 4.69) is 0 Å². The molecular weight excluding hydrogens is 281 g/mol. The van der Waals surface area contributed by atoms with Crippen LogP contribution < -0.4 is 5.73 Å². The molecule has 1 unspecified atom stereocenters. The number of piperidine rings is 1. The van der Waals surface area contributed by atoms with Crippen LogP contribution >= 0.6 is 0 Å². The quantitative estimate of drug-likeness (QED) is 0.656. The van der Waals surface area contributed by atoms with E-state index < -0.39 is 21.9 Å². The molecule has 0 radical (unpaired) electrons. The molecule has 3 N–H and O–H groups in total. The third-order valence-electron chi connectivity index (χ3n) is 3.54. The summed E-state index contributed by atoms with van der Waals surface area (Å²) >= 11 is 0. The SMILES string of the molecule is Cc1cc(F)ccc1S(=O)(=O)N1CCCCC1C(=N)N. The first kappa shape index (κ1) is 14.9. The molecule has 0 aliphatic carbocycles. The Labute approximate surface area is 118 Å². The van der Waals surface area contributed by atoms with Crippen LogP contribution in [0.1, 0.15) is 24.8 Å². The molecule has 1 aliphatic rings. The second-order valence-electron chi connectivity index (χ2n) is 4.99. The van der Waals surface area contributed by atoms with Crippen LogP contribution in [0.5, 0.6) is 0 Å². The first-order valence-corrected chi connectivity index (χ1v) is 7.90. The molecule has 1 aromatic carbocycles. The summed E-state index contributed by atoms with van der Waals surface area (Å²) in [7, 11) is -3.76. The van der Waals surface area contributed by atoms with Gasteiger partial charge in [-0.25, -0.2) is 12.8 Å². The monoisotopic (exact) mass is 299 g/mol. The number of hydrogen-bond donors (Lipinski definition) is 2. The third-order valence-corrected chi connectivity index (χ3v) is 5.60. The number of aryl methyl sites for hydroxylation is 1. The Hall–Kier alpha value is -1.47. The lowest BCUT2D eigenvalue weighted by Gasteiger charge is -2.34.